The molecule has 0 aromatic carbocycles. The van der Waals surface area contributed by atoms with Gasteiger partial charge in [0.05, 0.1) is 33.9 Å². The number of carbonyl (C=O) groups excluding carboxylic acids is 1. The van der Waals surface area contributed by atoms with Crippen LogP contribution >= 0.6 is 7.82 Å². The van der Waals surface area contributed by atoms with Crippen LogP contribution in [0.1, 0.15) is 110 Å². The Labute approximate surface area is 222 Å². The standard InChI is InChI=1S/C27H57N2O6P/c1-6-8-10-11-12-13-14-15-16-17-18-20-27(30)28-24-26(33-22-19-9-7-2)25-35-36(31,32)34-23-21-29(3,4)5/h26H,6-25H2,1-5H3,(H-,28,30,31,32)/p+1. The monoisotopic (exact) mass is 537 g/mol. The van der Waals surface area contributed by atoms with Crippen LogP contribution in [-0.2, 0) is 23.1 Å². The summed E-state index contributed by atoms with van der Waals surface area (Å²) < 4.78 is 28.9. The predicted molar refractivity (Wildman–Crippen MR) is 148 cm³/mol. The molecular weight excluding hydrogens is 479 g/mol. The van der Waals surface area contributed by atoms with Crippen molar-refractivity contribution < 1.29 is 32.5 Å². The van der Waals surface area contributed by atoms with E-state index in [1.165, 1.54) is 57.8 Å². The number of likely N-dealkylation sites (N-methyl/N-ethyl adjacent to an activating group) is 1. The quantitative estimate of drug-likeness (QED) is 0.0773. The fourth-order valence-electron chi connectivity index (χ4n) is 3.68. The van der Waals surface area contributed by atoms with Gasteiger partial charge in [-0.15, -0.1) is 0 Å². The number of nitrogens with zero attached hydrogens (tertiary/aromatic N) is 1. The van der Waals surface area contributed by atoms with Crippen molar-refractivity contribution in [3.05, 3.63) is 0 Å². The third-order valence-corrected chi connectivity index (χ3v) is 7.06. The number of unbranched alkanes of at least 4 members (excludes halogenated alkanes) is 12. The lowest BCUT2D eigenvalue weighted by Crippen LogP contribution is -2.37. The van der Waals surface area contributed by atoms with E-state index in [4.69, 9.17) is 13.8 Å². The van der Waals surface area contributed by atoms with Crippen LogP contribution in [0.15, 0.2) is 0 Å². The number of ether oxygens (including phenoxy) is 1. The van der Waals surface area contributed by atoms with Gasteiger partial charge in [-0.2, -0.15) is 0 Å². The Bertz CT molecular complexity index is 571. The Morgan fingerprint density at radius 3 is 1.89 bits per heavy atom. The molecule has 0 saturated carbocycles. The van der Waals surface area contributed by atoms with Crippen LogP contribution in [0.25, 0.3) is 0 Å². The van der Waals surface area contributed by atoms with E-state index < -0.39 is 13.9 Å². The molecule has 0 fully saturated rings. The van der Waals surface area contributed by atoms with E-state index in [2.05, 4.69) is 19.2 Å². The summed E-state index contributed by atoms with van der Waals surface area (Å²) in [6, 6.07) is 0. The van der Waals surface area contributed by atoms with Gasteiger partial charge in [-0.1, -0.05) is 90.9 Å². The third-order valence-electron chi connectivity index (χ3n) is 6.08. The number of phosphoric acid groups is 1. The molecule has 0 aliphatic carbocycles. The summed E-state index contributed by atoms with van der Waals surface area (Å²) in [7, 11) is 1.77. The molecule has 2 unspecified atom stereocenters. The van der Waals surface area contributed by atoms with Gasteiger partial charge in [0.25, 0.3) is 0 Å². The Kier molecular flexibility index (Phi) is 22.2. The van der Waals surface area contributed by atoms with Crippen LogP contribution in [0, 0.1) is 0 Å². The lowest BCUT2D eigenvalue weighted by molar-refractivity contribution is -0.870. The van der Waals surface area contributed by atoms with Crippen molar-refractivity contribution in [2.75, 3.05) is 54.1 Å². The molecule has 0 aliphatic rings. The highest BCUT2D eigenvalue weighted by atomic mass is 31.2. The maximum Gasteiger partial charge on any atom is 0.472 e. The van der Waals surface area contributed by atoms with Gasteiger partial charge in [0.2, 0.25) is 5.91 Å². The first-order chi connectivity index (χ1) is 17.1. The Morgan fingerprint density at radius 1 is 0.806 bits per heavy atom. The minimum atomic E-state index is -4.17. The highest BCUT2D eigenvalue weighted by Crippen LogP contribution is 2.43. The van der Waals surface area contributed by atoms with Crippen molar-refractivity contribution in [1.29, 1.82) is 0 Å². The van der Waals surface area contributed by atoms with Gasteiger partial charge < -0.3 is 19.4 Å². The second-order valence-corrected chi connectivity index (χ2v) is 12.4. The zero-order valence-corrected chi connectivity index (χ0v) is 25.0. The van der Waals surface area contributed by atoms with Gasteiger partial charge >= 0.3 is 7.82 Å². The van der Waals surface area contributed by atoms with E-state index in [-0.39, 0.29) is 25.7 Å². The predicted octanol–water partition coefficient (Wildman–Crippen LogP) is 6.22. The number of nitrogens with one attached hydrogen (secondary N) is 1. The van der Waals surface area contributed by atoms with Gasteiger partial charge in [0, 0.05) is 19.6 Å². The molecule has 0 radical (unpaired) electrons. The molecule has 0 bridgehead atoms. The summed E-state index contributed by atoms with van der Waals surface area (Å²) in [6.45, 7) is 5.73. The van der Waals surface area contributed by atoms with Crippen LogP contribution in [0.2, 0.25) is 0 Å². The van der Waals surface area contributed by atoms with Crippen molar-refractivity contribution >= 4 is 13.7 Å². The maximum atomic E-state index is 12.3. The smallest absolute Gasteiger partial charge is 0.374 e. The number of hydrogen-bond donors (Lipinski definition) is 2. The largest absolute Gasteiger partial charge is 0.472 e. The van der Waals surface area contributed by atoms with Gasteiger partial charge in [-0.25, -0.2) is 4.57 Å². The van der Waals surface area contributed by atoms with Crippen LogP contribution in [0.5, 0.6) is 0 Å². The number of quaternary nitrogens is 1. The first-order valence-electron chi connectivity index (χ1n) is 14.4. The first kappa shape index (κ1) is 35.5. The molecule has 36 heavy (non-hydrogen) atoms. The summed E-state index contributed by atoms with van der Waals surface area (Å²) in [6.07, 6.45) is 16.8. The number of rotatable bonds is 26. The molecule has 0 aliphatic heterocycles. The van der Waals surface area contributed by atoms with E-state index in [1.54, 1.807) is 0 Å². The molecule has 0 saturated heterocycles. The minimum Gasteiger partial charge on any atom is -0.374 e. The molecular formula is C27H58N2O6P+. The zero-order valence-electron chi connectivity index (χ0n) is 24.1. The average molecular weight is 538 g/mol. The summed E-state index contributed by atoms with van der Waals surface area (Å²) >= 11 is 0. The zero-order chi connectivity index (χ0) is 27.1. The van der Waals surface area contributed by atoms with Crippen LogP contribution in [-0.4, -0.2) is 75.4 Å². The van der Waals surface area contributed by atoms with Crippen molar-refractivity contribution in [1.82, 2.24) is 5.32 Å². The molecule has 2 atom stereocenters. The molecule has 1 amide bonds. The van der Waals surface area contributed by atoms with Crippen molar-refractivity contribution in [2.24, 2.45) is 0 Å². The van der Waals surface area contributed by atoms with E-state index in [1.807, 2.05) is 21.1 Å². The molecule has 0 spiro atoms. The second kappa shape index (κ2) is 22.5. The van der Waals surface area contributed by atoms with Crippen LogP contribution in [0.4, 0.5) is 0 Å². The highest BCUT2D eigenvalue weighted by molar-refractivity contribution is 7.47. The number of phosphoric ester groups is 1. The highest BCUT2D eigenvalue weighted by Gasteiger charge is 2.25. The normalized spacial score (nSPS) is 14.5. The van der Waals surface area contributed by atoms with Crippen molar-refractivity contribution in [3.8, 4) is 0 Å². The molecule has 216 valence electrons. The van der Waals surface area contributed by atoms with Gasteiger partial charge in [0.15, 0.2) is 0 Å². The van der Waals surface area contributed by atoms with E-state index in [0.29, 0.717) is 24.1 Å². The SMILES string of the molecule is CCCCCCCCCCCCCC(=O)NCC(COP(=O)(O)OCC[N+](C)(C)C)OCCCCC. The Morgan fingerprint density at radius 2 is 1.33 bits per heavy atom. The van der Waals surface area contributed by atoms with Crippen LogP contribution in [0.3, 0.4) is 0 Å². The average Bonchev–Trinajstić information content (AvgIpc) is 2.80. The lowest BCUT2D eigenvalue weighted by atomic mass is 10.1. The number of amides is 1. The van der Waals surface area contributed by atoms with E-state index >= 15 is 0 Å². The molecule has 0 aromatic heterocycles. The van der Waals surface area contributed by atoms with E-state index in [0.717, 1.165) is 32.1 Å². The summed E-state index contributed by atoms with van der Waals surface area (Å²) in [5.41, 5.74) is 0. The lowest BCUT2D eigenvalue weighted by Gasteiger charge is -2.24. The topological polar surface area (TPSA) is 94.1 Å². The van der Waals surface area contributed by atoms with Crippen molar-refractivity contribution in [2.45, 2.75) is 116 Å². The van der Waals surface area contributed by atoms with Gasteiger partial charge in [-0.3, -0.25) is 13.8 Å². The van der Waals surface area contributed by atoms with Crippen LogP contribution < -0.4 is 5.32 Å². The molecule has 9 heteroatoms. The number of hydrogen-bond acceptors (Lipinski definition) is 5. The minimum absolute atomic E-state index is 0.0144. The summed E-state index contributed by atoms with van der Waals surface area (Å²) in [5.74, 6) is -0.0144. The van der Waals surface area contributed by atoms with E-state index in [9.17, 15) is 14.3 Å². The second-order valence-electron chi connectivity index (χ2n) is 10.9. The molecule has 0 aromatic rings. The van der Waals surface area contributed by atoms with Gasteiger partial charge in [-0.05, 0) is 12.8 Å². The maximum absolute atomic E-state index is 12.3. The van der Waals surface area contributed by atoms with Crippen molar-refractivity contribution in [3.63, 3.8) is 0 Å². The Balaban J connectivity index is 4.15. The summed E-state index contributed by atoms with van der Waals surface area (Å²) in [4.78, 5) is 22.3. The third kappa shape index (κ3) is 25.2. The summed E-state index contributed by atoms with van der Waals surface area (Å²) in [5, 5.41) is 2.90. The molecule has 2 N–H and O–H groups in total. The first-order valence-corrected chi connectivity index (χ1v) is 15.9. The fourth-order valence-corrected chi connectivity index (χ4v) is 4.42. The fraction of sp³-hybridized carbons (Fsp3) is 0.963. The molecule has 0 rings (SSSR count). The number of carbonyl (C=O) groups is 1. The Hall–Kier alpha value is -0.500. The molecule has 0 heterocycles. The molecule has 8 nitrogen and oxygen atoms in total. The van der Waals surface area contributed by atoms with Gasteiger partial charge in [0.1, 0.15) is 13.2 Å².